The van der Waals surface area contributed by atoms with E-state index in [0.717, 1.165) is 39.0 Å². The average Bonchev–Trinajstić information content (AvgIpc) is 3.30. The molecule has 174 valence electrons. The van der Waals surface area contributed by atoms with Crippen LogP contribution in [0.25, 0.3) is 0 Å². The summed E-state index contributed by atoms with van der Waals surface area (Å²) in [4.78, 5) is 31.1. The van der Waals surface area contributed by atoms with Crippen LogP contribution in [0.15, 0.2) is 37.1 Å². The number of carbonyl (C=O) groups is 2. The number of aromatic nitrogens is 4. The van der Waals surface area contributed by atoms with Crippen molar-refractivity contribution in [2.75, 3.05) is 26.2 Å². The number of ether oxygens (including phenoxy) is 1. The molecule has 3 N–H and O–H groups in total. The average molecular weight is 447 g/mol. The first-order valence-corrected chi connectivity index (χ1v) is 10.6. The first-order valence-electron chi connectivity index (χ1n) is 10.6. The number of piperidine rings is 1. The summed E-state index contributed by atoms with van der Waals surface area (Å²) in [5.41, 5.74) is -1.15. The summed E-state index contributed by atoms with van der Waals surface area (Å²) in [5, 5.41) is 25.1. The van der Waals surface area contributed by atoms with Crippen LogP contribution in [0.3, 0.4) is 0 Å². The molecule has 0 aromatic carbocycles. The minimum absolute atomic E-state index is 0.231. The van der Waals surface area contributed by atoms with Crippen LogP contribution in [0.5, 0.6) is 0 Å². The van der Waals surface area contributed by atoms with Crippen molar-refractivity contribution in [2.45, 2.75) is 50.0 Å². The van der Waals surface area contributed by atoms with Gasteiger partial charge < -0.3 is 25.2 Å². The molecule has 0 bridgehead atoms. The zero-order valence-corrected chi connectivity index (χ0v) is 18.1. The smallest absolute Gasteiger partial charge is 0.290 e. The lowest BCUT2D eigenvalue weighted by Crippen LogP contribution is -2.64. The number of nitrogens with zero attached hydrogens (tertiary/aromatic N) is 5. The molecule has 32 heavy (non-hydrogen) atoms. The minimum Gasteiger partial charge on any atom is -0.483 e. The third-order valence-electron chi connectivity index (χ3n) is 6.06. The number of carboxylic acid groups (broad SMARTS) is 1. The molecule has 2 aromatic rings. The molecule has 0 unspecified atom stereocenters. The highest BCUT2D eigenvalue weighted by Gasteiger charge is 2.49. The van der Waals surface area contributed by atoms with Gasteiger partial charge in [0.15, 0.2) is 0 Å². The highest BCUT2D eigenvalue weighted by molar-refractivity contribution is 5.92. The van der Waals surface area contributed by atoms with E-state index >= 15 is 0 Å². The molecule has 2 fully saturated rings. The van der Waals surface area contributed by atoms with Gasteiger partial charge in [0.05, 0.1) is 36.6 Å². The maximum absolute atomic E-state index is 12.4. The first-order chi connectivity index (χ1) is 15.4. The lowest BCUT2D eigenvalue weighted by molar-refractivity contribution is -0.186. The maximum Gasteiger partial charge on any atom is 0.290 e. The Morgan fingerprint density at radius 2 is 2.06 bits per heavy atom. The Hall–Kier alpha value is -2.89. The molecule has 2 saturated heterocycles. The van der Waals surface area contributed by atoms with E-state index in [1.165, 1.54) is 18.6 Å². The Morgan fingerprint density at radius 3 is 2.66 bits per heavy atom. The number of carbonyl (C=O) groups excluding carboxylic acids is 1. The molecule has 2 aliphatic heterocycles. The quantitative estimate of drug-likeness (QED) is 0.548. The third kappa shape index (κ3) is 6.09. The molecule has 0 aliphatic carbocycles. The van der Waals surface area contributed by atoms with Crippen LogP contribution in [-0.2, 0) is 16.1 Å². The normalized spacial score (nSPS) is 24.9. The number of aliphatic hydroxyl groups is 1. The molecule has 11 nitrogen and oxygen atoms in total. The van der Waals surface area contributed by atoms with Gasteiger partial charge in [0, 0.05) is 50.8 Å². The zero-order chi connectivity index (χ0) is 23.0. The maximum atomic E-state index is 12.4. The van der Waals surface area contributed by atoms with Crippen molar-refractivity contribution < 1.29 is 24.5 Å². The Balaban J connectivity index is 0.000000913. The molecule has 4 heterocycles. The van der Waals surface area contributed by atoms with Crippen molar-refractivity contribution >= 4 is 12.4 Å². The van der Waals surface area contributed by atoms with Crippen LogP contribution in [0.4, 0.5) is 0 Å². The lowest BCUT2D eigenvalue weighted by atomic mass is 9.75. The fraction of sp³-hybridized carbons (Fsp3) is 0.571. The van der Waals surface area contributed by atoms with Crippen LogP contribution < -0.4 is 5.32 Å². The summed E-state index contributed by atoms with van der Waals surface area (Å²) in [7, 11) is 0. The number of rotatable bonds is 5. The van der Waals surface area contributed by atoms with E-state index < -0.39 is 11.6 Å². The number of nitrogens with one attached hydrogen (secondary N) is 1. The zero-order valence-electron chi connectivity index (χ0n) is 18.1. The molecule has 11 heteroatoms. The second-order valence-electron chi connectivity index (χ2n) is 8.36. The lowest BCUT2D eigenvalue weighted by Gasteiger charge is -2.51. The highest BCUT2D eigenvalue weighted by atomic mass is 16.5. The molecule has 2 aromatic heterocycles. The van der Waals surface area contributed by atoms with Crippen molar-refractivity contribution in [2.24, 2.45) is 0 Å². The van der Waals surface area contributed by atoms with Crippen molar-refractivity contribution in [3.05, 3.63) is 42.7 Å². The summed E-state index contributed by atoms with van der Waals surface area (Å²) in [6.07, 6.45) is 10.4. The second kappa shape index (κ2) is 10.6. The summed E-state index contributed by atoms with van der Waals surface area (Å²) < 4.78 is 8.18. The third-order valence-corrected chi connectivity index (χ3v) is 6.06. The van der Waals surface area contributed by atoms with E-state index in [2.05, 4.69) is 25.3 Å². The predicted molar refractivity (Wildman–Crippen MR) is 114 cm³/mol. The van der Waals surface area contributed by atoms with Gasteiger partial charge >= 0.3 is 0 Å². The molecule has 2 atom stereocenters. The van der Waals surface area contributed by atoms with Gasteiger partial charge in [-0.25, -0.2) is 4.98 Å². The summed E-state index contributed by atoms with van der Waals surface area (Å²) in [6.45, 7) is 5.48. The van der Waals surface area contributed by atoms with E-state index in [0.29, 0.717) is 6.42 Å². The van der Waals surface area contributed by atoms with E-state index in [4.69, 9.17) is 14.6 Å². The standard InChI is InChI=1S/C20H28N6O3.CH2O2/c1-19(28)15-20(3-9-25(10-4-20)11-12-26-8-2-5-23-26)29-14-17(19)24-18(27)16-13-21-6-7-22-16;2-1-3/h2,5-8,13,17,28H,3-4,9-12,14-15H2,1H3,(H,24,27);1H,(H,2,3)/t17-,19-;/m0./s1. The first kappa shape index (κ1) is 23.8. The van der Waals surface area contributed by atoms with E-state index in [9.17, 15) is 9.90 Å². The van der Waals surface area contributed by atoms with Crippen molar-refractivity contribution in [1.82, 2.24) is 30.0 Å². The summed E-state index contributed by atoms with van der Waals surface area (Å²) in [5.74, 6) is -0.351. The Labute approximate surface area is 186 Å². The number of likely N-dealkylation sites (tertiary alicyclic amines) is 1. The molecule has 0 saturated carbocycles. The van der Waals surface area contributed by atoms with Crippen LogP contribution in [0, 0.1) is 0 Å². The van der Waals surface area contributed by atoms with Crippen LogP contribution in [-0.4, -0.2) is 90.7 Å². The molecule has 1 spiro atoms. The van der Waals surface area contributed by atoms with Gasteiger partial charge in [-0.1, -0.05) is 0 Å². The molecular weight excluding hydrogens is 416 g/mol. The van der Waals surface area contributed by atoms with Gasteiger partial charge in [-0.05, 0) is 25.8 Å². The Bertz CT molecular complexity index is 853. The second-order valence-corrected chi connectivity index (χ2v) is 8.36. The fourth-order valence-electron chi connectivity index (χ4n) is 4.29. The molecular formula is C21H30N6O5. The van der Waals surface area contributed by atoms with Gasteiger partial charge in [0.25, 0.3) is 12.4 Å². The number of hydrogen-bond donors (Lipinski definition) is 3. The van der Waals surface area contributed by atoms with Crippen molar-refractivity contribution in [3.63, 3.8) is 0 Å². The SMILES string of the molecule is C[C@]1(O)CC2(CCN(CCn3cccn3)CC2)OC[C@@H]1NC(=O)c1cnccn1.O=CO. The Morgan fingerprint density at radius 1 is 1.31 bits per heavy atom. The van der Waals surface area contributed by atoms with Crippen molar-refractivity contribution in [3.8, 4) is 0 Å². The van der Waals surface area contributed by atoms with E-state index in [-0.39, 0.29) is 30.3 Å². The minimum atomic E-state index is -1.05. The molecule has 0 radical (unpaired) electrons. The van der Waals surface area contributed by atoms with E-state index in [1.807, 2.05) is 16.9 Å². The van der Waals surface area contributed by atoms with Crippen LogP contribution >= 0.6 is 0 Å². The molecule has 1 amide bonds. The van der Waals surface area contributed by atoms with Crippen LogP contribution in [0.1, 0.15) is 36.7 Å². The van der Waals surface area contributed by atoms with Gasteiger partial charge in [0.1, 0.15) is 5.69 Å². The molecule has 4 rings (SSSR count). The predicted octanol–water partition coefficient (Wildman–Crippen LogP) is 0.178. The van der Waals surface area contributed by atoms with Gasteiger partial charge in [-0.2, -0.15) is 5.10 Å². The fourth-order valence-corrected chi connectivity index (χ4v) is 4.29. The van der Waals surface area contributed by atoms with Gasteiger partial charge in [-0.15, -0.1) is 0 Å². The summed E-state index contributed by atoms with van der Waals surface area (Å²) >= 11 is 0. The molecule has 2 aliphatic rings. The summed E-state index contributed by atoms with van der Waals surface area (Å²) in [6, 6.07) is 1.45. The van der Waals surface area contributed by atoms with Crippen LogP contribution in [0.2, 0.25) is 0 Å². The monoisotopic (exact) mass is 446 g/mol. The number of hydrogen-bond acceptors (Lipinski definition) is 8. The van der Waals surface area contributed by atoms with E-state index in [1.54, 1.807) is 13.1 Å². The van der Waals surface area contributed by atoms with Gasteiger partial charge in [-0.3, -0.25) is 19.3 Å². The largest absolute Gasteiger partial charge is 0.483 e. The highest BCUT2D eigenvalue weighted by Crippen LogP contribution is 2.39. The van der Waals surface area contributed by atoms with Gasteiger partial charge in [0.2, 0.25) is 0 Å². The topological polar surface area (TPSA) is 143 Å². The van der Waals surface area contributed by atoms with Crippen molar-refractivity contribution in [1.29, 1.82) is 0 Å². The number of amides is 1. The Kier molecular flexibility index (Phi) is 7.89.